The van der Waals surface area contributed by atoms with Gasteiger partial charge in [0.25, 0.3) is 5.91 Å². The molecule has 4 heterocycles. The predicted octanol–water partition coefficient (Wildman–Crippen LogP) is 2.96. The van der Waals surface area contributed by atoms with Gasteiger partial charge in [0, 0.05) is 49.9 Å². The van der Waals surface area contributed by atoms with E-state index in [1.165, 1.54) is 12.8 Å². The molecule has 9 nitrogen and oxygen atoms in total. The summed E-state index contributed by atoms with van der Waals surface area (Å²) in [6.07, 6.45) is 4.21. The van der Waals surface area contributed by atoms with Crippen molar-refractivity contribution in [3.05, 3.63) is 42.1 Å². The van der Waals surface area contributed by atoms with Crippen LogP contribution in [0.25, 0.3) is 33.6 Å². The smallest absolute Gasteiger partial charge is 0.254 e. The predicted molar refractivity (Wildman–Crippen MR) is 140 cm³/mol. The molecule has 4 aromatic rings. The van der Waals surface area contributed by atoms with Crippen molar-refractivity contribution in [3.63, 3.8) is 0 Å². The number of hydrogen-bond donors (Lipinski definition) is 2. The van der Waals surface area contributed by atoms with E-state index < -0.39 is 12.1 Å². The van der Waals surface area contributed by atoms with E-state index in [4.69, 9.17) is 15.5 Å². The Hall–Kier alpha value is -3.14. The zero-order chi connectivity index (χ0) is 24.3. The number of methoxy groups -OCH3 is 1. The summed E-state index contributed by atoms with van der Waals surface area (Å²) in [5, 5.41) is 11.0. The van der Waals surface area contributed by atoms with E-state index in [2.05, 4.69) is 21.7 Å². The third kappa shape index (κ3) is 4.11. The van der Waals surface area contributed by atoms with Gasteiger partial charge >= 0.3 is 0 Å². The molecule has 2 unspecified atom stereocenters. The van der Waals surface area contributed by atoms with Gasteiger partial charge in [-0.15, -0.1) is 12.4 Å². The molecule has 1 aliphatic carbocycles. The number of benzene rings is 1. The lowest BCUT2D eigenvalue weighted by molar-refractivity contribution is 0.0459. The van der Waals surface area contributed by atoms with Crippen molar-refractivity contribution in [1.29, 1.82) is 0 Å². The molecule has 1 saturated carbocycles. The van der Waals surface area contributed by atoms with Gasteiger partial charge in [-0.05, 0) is 55.5 Å². The number of nitrogens with two attached hydrogens (primary N) is 1. The first-order chi connectivity index (χ1) is 16.9. The summed E-state index contributed by atoms with van der Waals surface area (Å²) in [5.41, 5.74) is 10.0. The van der Waals surface area contributed by atoms with E-state index in [0.717, 1.165) is 34.6 Å². The van der Waals surface area contributed by atoms with Crippen LogP contribution in [-0.2, 0) is 13.6 Å². The molecule has 0 spiro atoms. The highest BCUT2D eigenvalue weighted by molar-refractivity contribution is 6.00. The standard InChI is InChI=1S/C26H30N6O3.ClH/c1-30-23-19(10-17(12-22(23)35-2)26(34)31-9-7-21(33)18(27)14-31)29-25(30)20-11-16-4-3-8-28-24(16)32(20)13-15-5-6-15;/h3-4,8,10-12,15,18,21,33H,5-7,9,13-14,27H2,1-2H3;1H. The van der Waals surface area contributed by atoms with E-state index in [1.807, 2.05) is 29.9 Å². The first-order valence-electron chi connectivity index (χ1n) is 12.2. The van der Waals surface area contributed by atoms with E-state index in [-0.39, 0.29) is 18.3 Å². The maximum absolute atomic E-state index is 13.3. The number of aliphatic hydroxyl groups is 1. The lowest BCUT2D eigenvalue weighted by Crippen LogP contribution is -2.53. The molecule has 2 atom stereocenters. The molecule has 1 aromatic carbocycles. The second-order valence-electron chi connectivity index (χ2n) is 9.81. The summed E-state index contributed by atoms with van der Waals surface area (Å²) in [6.45, 7) is 1.71. The van der Waals surface area contributed by atoms with Crippen LogP contribution in [0.5, 0.6) is 5.75 Å². The van der Waals surface area contributed by atoms with Crippen LogP contribution in [0.2, 0.25) is 0 Å². The molecular formula is C26H31ClN6O3. The maximum Gasteiger partial charge on any atom is 0.254 e. The van der Waals surface area contributed by atoms with Gasteiger partial charge < -0.3 is 29.6 Å². The minimum Gasteiger partial charge on any atom is -0.494 e. The van der Waals surface area contributed by atoms with Crippen molar-refractivity contribution in [3.8, 4) is 17.3 Å². The van der Waals surface area contributed by atoms with Crippen molar-refractivity contribution in [1.82, 2.24) is 24.0 Å². The van der Waals surface area contributed by atoms with E-state index >= 15 is 0 Å². The number of amides is 1. The van der Waals surface area contributed by atoms with Crippen LogP contribution in [0.4, 0.5) is 0 Å². The van der Waals surface area contributed by atoms with Crippen molar-refractivity contribution < 1.29 is 14.6 Å². The number of aliphatic hydroxyl groups excluding tert-OH is 1. The molecule has 1 saturated heterocycles. The number of ether oxygens (including phenoxy) is 1. The Kier molecular flexibility index (Phi) is 6.40. The Morgan fingerprint density at radius 2 is 2.06 bits per heavy atom. The van der Waals surface area contributed by atoms with Crippen molar-refractivity contribution >= 4 is 40.4 Å². The van der Waals surface area contributed by atoms with Gasteiger partial charge in [0.15, 0.2) is 5.82 Å². The molecule has 1 aliphatic heterocycles. The third-order valence-corrected chi connectivity index (χ3v) is 7.33. The van der Waals surface area contributed by atoms with Crippen LogP contribution in [0.3, 0.4) is 0 Å². The molecule has 10 heteroatoms. The second kappa shape index (κ2) is 9.38. The summed E-state index contributed by atoms with van der Waals surface area (Å²) in [5.74, 6) is 1.95. The Bertz CT molecular complexity index is 1440. The number of imidazole rings is 1. The molecule has 2 aliphatic rings. The first kappa shape index (κ1) is 24.5. The fourth-order valence-corrected chi connectivity index (χ4v) is 5.17. The van der Waals surface area contributed by atoms with Gasteiger partial charge in [-0.1, -0.05) is 0 Å². The largest absolute Gasteiger partial charge is 0.494 e. The number of aromatic nitrogens is 4. The highest BCUT2D eigenvalue weighted by atomic mass is 35.5. The minimum absolute atomic E-state index is 0. The zero-order valence-corrected chi connectivity index (χ0v) is 21.2. The van der Waals surface area contributed by atoms with E-state index in [9.17, 15) is 9.90 Å². The van der Waals surface area contributed by atoms with Crippen LogP contribution >= 0.6 is 12.4 Å². The summed E-state index contributed by atoms with van der Waals surface area (Å²) in [6, 6.07) is 9.33. The highest BCUT2D eigenvalue weighted by Crippen LogP contribution is 2.37. The molecule has 3 N–H and O–H groups in total. The van der Waals surface area contributed by atoms with Crippen LogP contribution in [0.15, 0.2) is 36.5 Å². The van der Waals surface area contributed by atoms with Crippen LogP contribution < -0.4 is 10.5 Å². The Balaban J connectivity index is 0.00000267. The normalized spacial score (nSPS) is 20.1. The van der Waals surface area contributed by atoms with Crippen molar-refractivity contribution in [2.24, 2.45) is 18.7 Å². The fourth-order valence-electron chi connectivity index (χ4n) is 5.17. The van der Waals surface area contributed by atoms with E-state index in [0.29, 0.717) is 42.3 Å². The van der Waals surface area contributed by atoms with E-state index in [1.54, 1.807) is 18.1 Å². The minimum atomic E-state index is -0.578. The molecule has 36 heavy (non-hydrogen) atoms. The second-order valence-corrected chi connectivity index (χ2v) is 9.81. The van der Waals surface area contributed by atoms with Crippen LogP contribution in [-0.4, -0.2) is 67.4 Å². The number of hydrogen-bond acceptors (Lipinski definition) is 6. The number of likely N-dealkylation sites (tertiary alicyclic amines) is 1. The molecule has 6 rings (SSSR count). The topological polar surface area (TPSA) is 111 Å². The number of carbonyl (C=O) groups excluding carboxylic acids is 1. The highest BCUT2D eigenvalue weighted by Gasteiger charge is 2.30. The van der Waals surface area contributed by atoms with Gasteiger partial charge in [0.1, 0.15) is 16.9 Å². The molecular weight excluding hydrogens is 480 g/mol. The number of fused-ring (bicyclic) bond motifs is 2. The SMILES string of the molecule is COc1cc(C(=O)N2CCC(O)C(N)C2)cc2nc(-c3cc4cccnc4n3CC3CC3)n(C)c12.Cl. The maximum atomic E-state index is 13.3. The molecule has 3 aromatic heterocycles. The summed E-state index contributed by atoms with van der Waals surface area (Å²) >= 11 is 0. The van der Waals surface area contributed by atoms with Gasteiger partial charge in [0.2, 0.25) is 0 Å². The number of nitrogens with zero attached hydrogens (tertiary/aromatic N) is 5. The van der Waals surface area contributed by atoms with Gasteiger partial charge in [-0.2, -0.15) is 0 Å². The van der Waals surface area contributed by atoms with Gasteiger partial charge in [-0.3, -0.25) is 4.79 Å². The number of rotatable bonds is 5. The van der Waals surface area contributed by atoms with Crippen LogP contribution in [0.1, 0.15) is 29.6 Å². The number of pyridine rings is 1. The Morgan fingerprint density at radius 1 is 1.25 bits per heavy atom. The third-order valence-electron chi connectivity index (χ3n) is 7.33. The van der Waals surface area contributed by atoms with Gasteiger partial charge in [-0.25, -0.2) is 9.97 Å². The lowest BCUT2D eigenvalue weighted by Gasteiger charge is -2.34. The lowest BCUT2D eigenvalue weighted by atomic mass is 10.0. The molecule has 0 bridgehead atoms. The molecule has 0 radical (unpaired) electrons. The van der Waals surface area contributed by atoms with Crippen molar-refractivity contribution in [2.45, 2.75) is 38.0 Å². The Morgan fingerprint density at radius 3 is 2.78 bits per heavy atom. The summed E-state index contributed by atoms with van der Waals surface area (Å²) in [7, 11) is 3.59. The van der Waals surface area contributed by atoms with Crippen molar-refractivity contribution in [2.75, 3.05) is 20.2 Å². The number of aryl methyl sites for hydroxylation is 1. The zero-order valence-electron chi connectivity index (χ0n) is 20.4. The average molecular weight is 511 g/mol. The van der Waals surface area contributed by atoms with Gasteiger partial charge in [0.05, 0.1) is 24.4 Å². The quantitative estimate of drug-likeness (QED) is 0.427. The molecule has 190 valence electrons. The monoisotopic (exact) mass is 510 g/mol. The fraction of sp³-hybridized carbons (Fsp3) is 0.423. The first-order valence-corrected chi connectivity index (χ1v) is 12.2. The number of halogens is 1. The molecule has 2 fully saturated rings. The Labute approximate surface area is 215 Å². The average Bonchev–Trinajstić information content (AvgIpc) is 3.53. The molecule has 1 amide bonds. The number of carbonyl (C=O) groups is 1. The summed E-state index contributed by atoms with van der Waals surface area (Å²) < 4.78 is 10.0. The van der Waals surface area contributed by atoms with Crippen LogP contribution in [0, 0.1) is 5.92 Å². The summed E-state index contributed by atoms with van der Waals surface area (Å²) in [4.78, 5) is 24.6. The number of piperidine rings is 1.